The Labute approximate surface area is 189 Å². The molecule has 8 heteroatoms. The van der Waals surface area contributed by atoms with Crippen LogP contribution in [0.15, 0.2) is 30.3 Å². The molecule has 1 heterocycles. The summed E-state index contributed by atoms with van der Waals surface area (Å²) in [5.41, 5.74) is 2.93. The Hall–Kier alpha value is -3.16. The molecule has 0 atom stereocenters. The van der Waals surface area contributed by atoms with Crippen molar-refractivity contribution >= 4 is 23.7 Å². The van der Waals surface area contributed by atoms with Crippen LogP contribution >= 0.6 is 0 Å². The topological polar surface area (TPSA) is 99.3 Å². The Kier molecular flexibility index (Phi) is 6.87. The third-order valence-electron chi connectivity index (χ3n) is 6.24. The number of hydrogen-bond acceptors (Lipinski definition) is 6. The highest BCUT2D eigenvalue weighted by atomic mass is 16.2. The van der Waals surface area contributed by atoms with Gasteiger partial charge in [-0.1, -0.05) is 18.2 Å². The van der Waals surface area contributed by atoms with Crippen molar-refractivity contribution in [2.75, 3.05) is 24.3 Å². The van der Waals surface area contributed by atoms with E-state index in [4.69, 9.17) is 9.97 Å². The molecule has 170 valence electrons. The number of anilines is 2. The van der Waals surface area contributed by atoms with Gasteiger partial charge in [0.1, 0.15) is 5.82 Å². The Morgan fingerprint density at radius 1 is 0.938 bits per heavy atom. The number of aromatic nitrogens is 2. The number of urea groups is 1. The Morgan fingerprint density at radius 2 is 1.62 bits per heavy atom. The molecule has 0 saturated heterocycles. The van der Waals surface area contributed by atoms with Gasteiger partial charge in [-0.25, -0.2) is 9.78 Å². The first kappa shape index (κ1) is 22.0. The second-order valence-electron chi connectivity index (χ2n) is 8.88. The third-order valence-corrected chi connectivity index (χ3v) is 6.24. The quantitative estimate of drug-likeness (QED) is 0.665. The smallest absolute Gasteiger partial charge is 0.321 e. The molecule has 1 aromatic heterocycles. The van der Waals surface area contributed by atoms with Crippen LogP contribution in [-0.4, -0.2) is 48.1 Å². The van der Waals surface area contributed by atoms with E-state index in [1.807, 2.05) is 20.2 Å². The van der Waals surface area contributed by atoms with E-state index in [-0.39, 0.29) is 18.0 Å². The number of amides is 3. The van der Waals surface area contributed by atoms with Gasteiger partial charge in [0.05, 0.1) is 5.69 Å². The number of rotatable bonds is 5. The number of fused-ring (bicyclic) bond motifs is 1. The van der Waals surface area contributed by atoms with E-state index in [1.54, 1.807) is 24.3 Å². The first-order valence-electron chi connectivity index (χ1n) is 11.5. The zero-order valence-corrected chi connectivity index (χ0v) is 18.9. The molecule has 1 aromatic carbocycles. The molecule has 3 amide bonds. The van der Waals surface area contributed by atoms with Gasteiger partial charge in [0, 0.05) is 37.3 Å². The zero-order valence-electron chi connectivity index (χ0n) is 18.9. The van der Waals surface area contributed by atoms with Crippen molar-refractivity contribution in [3.8, 4) is 0 Å². The number of carbonyl (C=O) groups excluding carboxylic acids is 2. The maximum Gasteiger partial charge on any atom is 0.321 e. The monoisotopic (exact) mass is 436 g/mol. The van der Waals surface area contributed by atoms with Crippen molar-refractivity contribution in [3.05, 3.63) is 47.2 Å². The standard InChI is InChI=1S/C24H32N6O2/c1-30(2)21-19-10-6-7-11-20(19)27-23(28-21)25-17-12-14-18(15-13-17)26-24(32)29-22(31)16-8-4-3-5-9-16/h3-5,8-9,17-18H,6-7,10-15H2,1-2H3,(H,25,27,28)(H2,26,29,31,32). The van der Waals surface area contributed by atoms with Crippen LogP contribution in [0.3, 0.4) is 0 Å². The highest BCUT2D eigenvalue weighted by molar-refractivity contribution is 6.04. The van der Waals surface area contributed by atoms with E-state index in [1.165, 1.54) is 24.1 Å². The van der Waals surface area contributed by atoms with E-state index in [9.17, 15) is 9.59 Å². The zero-order chi connectivity index (χ0) is 22.5. The predicted molar refractivity (Wildman–Crippen MR) is 125 cm³/mol. The van der Waals surface area contributed by atoms with Crippen LogP contribution in [0.25, 0.3) is 0 Å². The molecule has 0 bridgehead atoms. The Bertz CT molecular complexity index is 954. The number of aryl methyl sites for hydroxylation is 1. The van der Waals surface area contributed by atoms with Gasteiger partial charge in [-0.3, -0.25) is 10.1 Å². The fourth-order valence-corrected chi connectivity index (χ4v) is 4.56. The highest BCUT2D eigenvalue weighted by Crippen LogP contribution is 2.29. The van der Waals surface area contributed by atoms with Gasteiger partial charge >= 0.3 is 6.03 Å². The van der Waals surface area contributed by atoms with Crippen LogP contribution < -0.4 is 20.9 Å². The predicted octanol–water partition coefficient (Wildman–Crippen LogP) is 3.28. The van der Waals surface area contributed by atoms with Gasteiger partial charge in [0.15, 0.2) is 0 Å². The van der Waals surface area contributed by atoms with Crippen LogP contribution in [0.2, 0.25) is 0 Å². The van der Waals surface area contributed by atoms with Crippen molar-refractivity contribution in [3.63, 3.8) is 0 Å². The van der Waals surface area contributed by atoms with Gasteiger partial charge < -0.3 is 15.5 Å². The fraction of sp³-hybridized carbons (Fsp3) is 0.500. The molecule has 0 radical (unpaired) electrons. The Morgan fingerprint density at radius 3 is 2.34 bits per heavy atom. The van der Waals surface area contributed by atoms with Crippen LogP contribution in [0.1, 0.15) is 60.1 Å². The largest absolute Gasteiger partial charge is 0.362 e. The summed E-state index contributed by atoms with van der Waals surface area (Å²) in [5, 5.41) is 8.87. The molecule has 1 fully saturated rings. The molecule has 1 saturated carbocycles. The van der Waals surface area contributed by atoms with E-state index in [0.717, 1.165) is 44.3 Å². The van der Waals surface area contributed by atoms with Gasteiger partial charge in [-0.05, 0) is 63.5 Å². The second-order valence-corrected chi connectivity index (χ2v) is 8.88. The second kappa shape index (κ2) is 9.97. The molecule has 2 aliphatic carbocycles. The van der Waals surface area contributed by atoms with Crippen molar-refractivity contribution in [1.29, 1.82) is 0 Å². The van der Waals surface area contributed by atoms with E-state index >= 15 is 0 Å². The van der Waals surface area contributed by atoms with E-state index in [0.29, 0.717) is 11.5 Å². The molecular formula is C24H32N6O2. The van der Waals surface area contributed by atoms with Crippen molar-refractivity contribution in [1.82, 2.24) is 20.6 Å². The van der Waals surface area contributed by atoms with Crippen molar-refractivity contribution in [2.45, 2.75) is 63.5 Å². The number of imide groups is 1. The first-order chi connectivity index (χ1) is 15.5. The number of carbonyl (C=O) groups is 2. The molecule has 8 nitrogen and oxygen atoms in total. The molecule has 0 aliphatic heterocycles. The summed E-state index contributed by atoms with van der Waals surface area (Å²) in [6.07, 6.45) is 7.96. The van der Waals surface area contributed by atoms with Crippen molar-refractivity contribution in [2.24, 2.45) is 0 Å². The SMILES string of the molecule is CN(C)c1nc(NC2CCC(NC(=O)NC(=O)c3ccccc3)CC2)nc2c1CCCC2. The molecule has 0 unspecified atom stereocenters. The van der Waals surface area contributed by atoms with Crippen LogP contribution in [0.4, 0.5) is 16.6 Å². The molecule has 2 aliphatic rings. The Balaban J connectivity index is 1.28. The molecular weight excluding hydrogens is 404 g/mol. The maximum atomic E-state index is 12.2. The number of nitrogens with zero attached hydrogens (tertiary/aromatic N) is 3. The van der Waals surface area contributed by atoms with Crippen molar-refractivity contribution < 1.29 is 9.59 Å². The van der Waals surface area contributed by atoms with Gasteiger partial charge in [-0.15, -0.1) is 0 Å². The van der Waals surface area contributed by atoms with E-state index in [2.05, 4.69) is 20.9 Å². The van der Waals surface area contributed by atoms with E-state index < -0.39 is 6.03 Å². The molecule has 32 heavy (non-hydrogen) atoms. The van der Waals surface area contributed by atoms with Gasteiger partial charge in [0.25, 0.3) is 5.91 Å². The average molecular weight is 437 g/mol. The maximum absolute atomic E-state index is 12.2. The summed E-state index contributed by atoms with van der Waals surface area (Å²) in [4.78, 5) is 36.0. The fourth-order valence-electron chi connectivity index (χ4n) is 4.56. The summed E-state index contributed by atoms with van der Waals surface area (Å²) in [5.74, 6) is 1.34. The molecule has 4 rings (SSSR count). The minimum absolute atomic E-state index is 0.0541. The summed E-state index contributed by atoms with van der Waals surface area (Å²) >= 11 is 0. The van der Waals surface area contributed by atoms with Crippen LogP contribution in [-0.2, 0) is 12.8 Å². The lowest BCUT2D eigenvalue weighted by Crippen LogP contribution is -2.46. The summed E-state index contributed by atoms with van der Waals surface area (Å²) in [6, 6.07) is 8.64. The number of hydrogen-bond donors (Lipinski definition) is 3. The summed E-state index contributed by atoms with van der Waals surface area (Å²) in [7, 11) is 4.07. The van der Waals surface area contributed by atoms with Crippen LogP contribution in [0.5, 0.6) is 0 Å². The molecule has 0 spiro atoms. The lowest BCUT2D eigenvalue weighted by Gasteiger charge is -2.30. The molecule has 2 aromatic rings. The van der Waals surface area contributed by atoms with Gasteiger partial charge in [0.2, 0.25) is 5.95 Å². The first-order valence-corrected chi connectivity index (χ1v) is 11.5. The normalized spacial score (nSPS) is 20.1. The van der Waals surface area contributed by atoms with Crippen LogP contribution in [0, 0.1) is 0 Å². The molecule has 3 N–H and O–H groups in total. The number of nitrogens with one attached hydrogen (secondary N) is 3. The minimum Gasteiger partial charge on any atom is -0.362 e. The highest BCUT2D eigenvalue weighted by Gasteiger charge is 2.25. The average Bonchev–Trinajstić information content (AvgIpc) is 2.80. The van der Waals surface area contributed by atoms with Gasteiger partial charge in [-0.2, -0.15) is 4.98 Å². The third kappa shape index (κ3) is 5.36. The minimum atomic E-state index is -0.441. The lowest BCUT2D eigenvalue weighted by molar-refractivity contribution is 0.0962. The summed E-state index contributed by atoms with van der Waals surface area (Å²) < 4.78 is 0. The lowest BCUT2D eigenvalue weighted by atomic mass is 9.91. The number of benzene rings is 1. The summed E-state index contributed by atoms with van der Waals surface area (Å²) in [6.45, 7) is 0.